The van der Waals surface area contributed by atoms with E-state index in [1.807, 2.05) is 13.1 Å². The lowest BCUT2D eigenvalue weighted by molar-refractivity contribution is 0.590. The van der Waals surface area contributed by atoms with Gasteiger partial charge in [0, 0.05) is 30.2 Å². The third kappa shape index (κ3) is 2.92. The van der Waals surface area contributed by atoms with E-state index in [0.29, 0.717) is 6.04 Å². The summed E-state index contributed by atoms with van der Waals surface area (Å²) in [5.74, 6) is 0. The van der Waals surface area contributed by atoms with Crippen LogP contribution < -0.4 is 10.6 Å². The summed E-state index contributed by atoms with van der Waals surface area (Å²) in [4.78, 5) is 7.83. The quantitative estimate of drug-likeness (QED) is 0.841. The van der Waals surface area contributed by atoms with Crippen molar-refractivity contribution in [2.45, 2.75) is 45.7 Å². The molecule has 3 nitrogen and oxygen atoms in total. The molecule has 15 heavy (non-hydrogen) atoms. The largest absolute Gasteiger partial charge is 0.348 e. The van der Waals surface area contributed by atoms with Crippen molar-refractivity contribution in [1.29, 1.82) is 0 Å². The van der Waals surface area contributed by atoms with E-state index in [1.54, 1.807) is 11.3 Å². The van der Waals surface area contributed by atoms with Gasteiger partial charge in [0.05, 0.1) is 0 Å². The summed E-state index contributed by atoms with van der Waals surface area (Å²) in [5.41, 5.74) is 5.82. The Morgan fingerprint density at radius 1 is 1.47 bits per heavy atom. The molecule has 0 aliphatic heterocycles. The second-order valence-corrected chi connectivity index (χ2v) is 4.96. The maximum atomic E-state index is 5.82. The molecule has 1 rings (SSSR count). The second kappa shape index (κ2) is 5.47. The lowest BCUT2D eigenvalue weighted by Gasteiger charge is -2.25. The maximum Gasteiger partial charge on any atom is 0.185 e. The Balaban J connectivity index is 2.77. The van der Waals surface area contributed by atoms with Crippen molar-refractivity contribution in [3.63, 3.8) is 0 Å². The smallest absolute Gasteiger partial charge is 0.185 e. The van der Waals surface area contributed by atoms with E-state index in [4.69, 9.17) is 5.73 Å². The minimum Gasteiger partial charge on any atom is -0.348 e. The second-order valence-electron chi connectivity index (χ2n) is 3.92. The molecule has 0 fully saturated rings. The minimum absolute atomic E-state index is 0.0892. The Hall–Kier alpha value is -0.610. The monoisotopic (exact) mass is 227 g/mol. The molecule has 1 aromatic rings. The summed E-state index contributed by atoms with van der Waals surface area (Å²) >= 11 is 1.70. The Morgan fingerprint density at radius 2 is 2.07 bits per heavy atom. The Bertz CT molecular complexity index is 292. The van der Waals surface area contributed by atoms with Crippen molar-refractivity contribution in [3.05, 3.63) is 11.1 Å². The van der Waals surface area contributed by atoms with Gasteiger partial charge >= 0.3 is 0 Å². The zero-order valence-electron chi connectivity index (χ0n) is 10.0. The summed E-state index contributed by atoms with van der Waals surface area (Å²) in [5, 5.41) is 1.08. The lowest BCUT2D eigenvalue weighted by Crippen LogP contribution is -2.30. The van der Waals surface area contributed by atoms with Gasteiger partial charge in [0.2, 0.25) is 0 Å². The van der Waals surface area contributed by atoms with Crippen LogP contribution in [0.1, 0.15) is 44.5 Å². The number of hydrogen-bond acceptors (Lipinski definition) is 4. The number of hydrogen-bond donors (Lipinski definition) is 1. The van der Waals surface area contributed by atoms with Crippen molar-refractivity contribution < 1.29 is 0 Å². The van der Waals surface area contributed by atoms with Crippen LogP contribution in [-0.4, -0.2) is 18.1 Å². The standard InChI is InChI=1S/C11H21N3S/c1-5-9(6-2)14(4)11-13-7-10(15-11)8(3)12/h7-9H,5-6,12H2,1-4H3. The molecular weight excluding hydrogens is 206 g/mol. The van der Waals surface area contributed by atoms with Crippen LogP contribution in [0.2, 0.25) is 0 Å². The SMILES string of the molecule is CCC(CC)N(C)c1ncc(C(C)N)s1. The minimum atomic E-state index is 0.0892. The Kier molecular flexibility index (Phi) is 4.54. The van der Waals surface area contributed by atoms with E-state index >= 15 is 0 Å². The first kappa shape index (κ1) is 12.5. The molecule has 1 heterocycles. The highest BCUT2D eigenvalue weighted by molar-refractivity contribution is 7.15. The van der Waals surface area contributed by atoms with Gasteiger partial charge in [-0.25, -0.2) is 4.98 Å². The molecule has 86 valence electrons. The summed E-state index contributed by atoms with van der Waals surface area (Å²) in [6.07, 6.45) is 4.20. The third-order valence-corrected chi connectivity index (χ3v) is 4.04. The zero-order valence-corrected chi connectivity index (χ0v) is 10.8. The van der Waals surface area contributed by atoms with Crippen LogP contribution in [0, 0.1) is 0 Å². The molecule has 0 saturated carbocycles. The van der Waals surface area contributed by atoms with Crippen molar-refractivity contribution in [3.8, 4) is 0 Å². The first-order valence-electron chi connectivity index (χ1n) is 5.54. The van der Waals surface area contributed by atoms with Gasteiger partial charge < -0.3 is 10.6 Å². The van der Waals surface area contributed by atoms with Crippen LogP contribution in [0.25, 0.3) is 0 Å². The van der Waals surface area contributed by atoms with E-state index < -0.39 is 0 Å². The summed E-state index contributed by atoms with van der Waals surface area (Å²) in [6, 6.07) is 0.670. The molecule has 0 spiro atoms. The van der Waals surface area contributed by atoms with Crippen molar-refractivity contribution in [1.82, 2.24) is 4.98 Å². The highest BCUT2D eigenvalue weighted by atomic mass is 32.1. The van der Waals surface area contributed by atoms with E-state index in [9.17, 15) is 0 Å². The molecule has 2 N–H and O–H groups in total. The first-order chi connectivity index (χ1) is 7.10. The predicted molar refractivity (Wildman–Crippen MR) is 67.5 cm³/mol. The molecular formula is C11H21N3S. The number of anilines is 1. The third-order valence-electron chi connectivity index (χ3n) is 2.75. The van der Waals surface area contributed by atoms with Crippen LogP contribution in [0.3, 0.4) is 0 Å². The van der Waals surface area contributed by atoms with Crippen LogP contribution in [-0.2, 0) is 0 Å². The molecule has 0 saturated heterocycles. The maximum absolute atomic E-state index is 5.82. The molecule has 1 aromatic heterocycles. The number of thiazole rings is 1. The fraction of sp³-hybridized carbons (Fsp3) is 0.727. The normalized spacial score (nSPS) is 13.2. The summed E-state index contributed by atoms with van der Waals surface area (Å²) in [6.45, 7) is 6.42. The lowest BCUT2D eigenvalue weighted by atomic mass is 10.1. The Labute approximate surface area is 96.3 Å². The van der Waals surface area contributed by atoms with Gasteiger partial charge in [0.25, 0.3) is 0 Å². The summed E-state index contributed by atoms with van der Waals surface area (Å²) in [7, 11) is 2.11. The molecule has 1 atom stereocenters. The highest BCUT2D eigenvalue weighted by Gasteiger charge is 2.15. The number of nitrogens with two attached hydrogens (primary N) is 1. The molecule has 4 heteroatoms. The topological polar surface area (TPSA) is 42.2 Å². The van der Waals surface area contributed by atoms with Gasteiger partial charge in [-0.05, 0) is 19.8 Å². The fourth-order valence-electron chi connectivity index (χ4n) is 1.64. The van der Waals surface area contributed by atoms with Gasteiger partial charge in [0.15, 0.2) is 5.13 Å². The van der Waals surface area contributed by atoms with Crippen molar-refractivity contribution in [2.24, 2.45) is 5.73 Å². The van der Waals surface area contributed by atoms with E-state index in [-0.39, 0.29) is 6.04 Å². The van der Waals surface area contributed by atoms with E-state index in [1.165, 1.54) is 0 Å². The fourth-order valence-corrected chi connectivity index (χ4v) is 2.54. The molecule has 0 amide bonds. The van der Waals surface area contributed by atoms with E-state index in [0.717, 1.165) is 22.9 Å². The van der Waals surface area contributed by atoms with Crippen LogP contribution in [0.5, 0.6) is 0 Å². The van der Waals surface area contributed by atoms with Gasteiger partial charge in [-0.3, -0.25) is 0 Å². The molecule has 1 unspecified atom stereocenters. The number of nitrogens with zero attached hydrogens (tertiary/aromatic N) is 2. The van der Waals surface area contributed by atoms with Crippen LogP contribution in [0.15, 0.2) is 6.20 Å². The van der Waals surface area contributed by atoms with Gasteiger partial charge in [-0.1, -0.05) is 13.8 Å². The molecule has 0 aliphatic rings. The number of aromatic nitrogens is 1. The predicted octanol–water partition coefficient (Wildman–Crippen LogP) is 2.79. The van der Waals surface area contributed by atoms with Crippen molar-refractivity contribution >= 4 is 16.5 Å². The van der Waals surface area contributed by atoms with Crippen LogP contribution >= 0.6 is 11.3 Å². The molecule has 0 aromatic carbocycles. The Morgan fingerprint density at radius 3 is 2.47 bits per heavy atom. The van der Waals surface area contributed by atoms with E-state index in [2.05, 4.69) is 30.8 Å². The number of rotatable bonds is 5. The molecule has 0 radical (unpaired) electrons. The summed E-state index contributed by atoms with van der Waals surface area (Å²) < 4.78 is 0. The average molecular weight is 227 g/mol. The average Bonchev–Trinajstić information content (AvgIpc) is 2.68. The first-order valence-corrected chi connectivity index (χ1v) is 6.35. The zero-order chi connectivity index (χ0) is 11.4. The highest BCUT2D eigenvalue weighted by Crippen LogP contribution is 2.27. The van der Waals surface area contributed by atoms with Gasteiger partial charge in [-0.2, -0.15) is 0 Å². The van der Waals surface area contributed by atoms with Crippen molar-refractivity contribution in [2.75, 3.05) is 11.9 Å². The van der Waals surface area contributed by atoms with Gasteiger partial charge in [-0.15, -0.1) is 11.3 Å². The molecule has 0 bridgehead atoms. The molecule has 0 aliphatic carbocycles. The van der Waals surface area contributed by atoms with Gasteiger partial charge in [0.1, 0.15) is 0 Å². The van der Waals surface area contributed by atoms with Crippen LogP contribution in [0.4, 0.5) is 5.13 Å².